The van der Waals surface area contributed by atoms with Gasteiger partial charge in [0.05, 0.1) is 0 Å². The summed E-state index contributed by atoms with van der Waals surface area (Å²) in [7, 11) is 0. The summed E-state index contributed by atoms with van der Waals surface area (Å²) in [6.07, 6.45) is 1.98. The van der Waals surface area contributed by atoms with Gasteiger partial charge in [-0.05, 0) is 6.92 Å². The van der Waals surface area contributed by atoms with Crippen molar-refractivity contribution >= 4 is 5.97 Å². The van der Waals surface area contributed by atoms with E-state index in [1.54, 1.807) is 6.92 Å². The Morgan fingerprint density at radius 3 is 2.54 bits per heavy atom. The van der Waals surface area contributed by atoms with Gasteiger partial charge in [0, 0.05) is 23.3 Å². The summed E-state index contributed by atoms with van der Waals surface area (Å²) < 4.78 is 0. The SMILES string of the molecule is CCC(CC=C(C)C(=O)O)[N+](=O)[O-]. The second-order valence-electron chi connectivity index (χ2n) is 2.78. The zero-order chi connectivity index (χ0) is 10.4. The van der Waals surface area contributed by atoms with Gasteiger partial charge in [0.2, 0.25) is 6.04 Å². The number of nitro groups is 1. The Balaban J connectivity index is 4.19. The lowest BCUT2D eigenvalue weighted by Crippen LogP contribution is -2.17. The molecule has 0 aromatic rings. The number of nitrogens with zero attached hydrogens (tertiary/aromatic N) is 1. The van der Waals surface area contributed by atoms with Crippen molar-refractivity contribution in [2.45, 2.75) is 32.7 Å². The molecule has 0 fully saturated rings. The second kappa shape index (κ2) is 5.29. The summed E-state index contributed by atoms with van der Waals surface area (Å²) in [4.78, 5) is 20.3. The highest BCUT2D eigenvalue weighted by molar-refractivity contribution is 5.85. The number of hydrogen-bond acceptors (Lipinski definition) is 3. The van der Waals surface area contributed by atoms with Crippen LogP contribution < -0.4 is 0 Å². The molecule has 1 atom stereocenters. The highest BCUT2D eigenvalue weighted by Crippen LogP contribution is 2.05. The molecule has 0 heterocycles. The van der Waals surface area contributed by atoms with Gasteiger partial charge in [-0.2, -0.15) is 0 Å². The average molecular weight is 187 g/mol. The van der Waals surface area contributed by atoms with Gasteiger partial charge in [-0.15, -0.1) is 0 Å². The first-order valence-electron chi connectivity index (χ1n) is 4.02. The zero-order valence-corrected chi connectivity index (χ0v) is 7.69. The molecule has 1 N–H and O–H groups in total. The van der Waals surface area contributed by atoms with E-state index < -0.39 is 12.0 Å². The maximum absolute atomic E-state index is 10.3. The number of carbonyl (C=O) groups is 1. The Morgan fingerprint density at radius 1 is 1.69 bits per heavy atom. The molecule has 5 heteroatoms. The fourth-order valence-electron chi connectivity index (χ4n) is 0.802. The number of hydrogen-bond donors (Lipinski definition) is 1. The Hall–Kier alpha value is -1.39. The van der Waals surface area contributed by atoms with Crippen molar-refractivity contribution in [2.75, 3.05) is 0 Å². The van der Waals surface area contributed by atoms with Gasteiger partial charge >= 0.3 is 5.97 Å². The van der Waals surface area contributed by atoms with Crippen LogP contribution in [0.5, 0.6) is 0 Å². The van der Waals surface area contributed by atoms with Crippen LogP contribution in [0.15, 0.2) is 11.6 Å². The minimum Gasteiger partial charge on any atom is -0.478 e. The Bertz CT molecular complexity index is 234. The molecule has 0 aromatic carbocycles. The van der Waals surface area contributed by atoms with Crippen molar-refractivity contribution in [2.24, 2.45) is 0 Å². The molecule has 0 aromatic heterocycles. The van der Waals surface area contributed by atoms with Gasteiger partial charge in [0.15, 0.2) is 0 Å². The standard InChI is InChI=1S/C8H13NO4/c1-3-7(9(12)13)5-4-6(2)8(10)11/h4,7H,3,5H2,1-2H3,(H,10,11). The van der Waals surface area contributed by atoms with E-state index in [0.29, 0.717) is 6.42 Å². The second-order valence-corrected chi connectivity index (χ2v) is 2.78. The van der Waals surface area contributed by atoms with Gasteiger partial charge < -0.3 is 5.11 Å². The van der Waals surface area contributed by atoms with Crippen LogP contribution in [0.25, 0.3) is 0 Å². The van der Waals surface area contributed by atoms with Crippen molar-refractivity contribution in [3.8, 4) is 0 Å². The molecule has 0 amide bonds. The molecule has 1 unspecified atom stereocenters. The van der Waals surface area contributed by atoms with Crippen LogP contribution >= 0.6 is 0 Å². The minimum atomic E-state index is -1.03. The van der Waals surface area contributed by atoms with Crippen LogP contribution in [0.4, 0.5) is 0 Å². The summed E-state index contributed by atoms with van der Waals surface area (Å²) in [5.74, 6) is -1.03. The van der Waals surface area contributed by atoms with Gasteiger partial charge in [0.25, 0.3) is 0 Å². The predicted molar refractivity (Wildman–Crippen MR) is 47.1 cm³/mol. The largest absolute Gasteiger partial charge is 0.478 e. The van der Waals surface area contributed by atoms with E-state index in [1.165, 1.54) is 13.0 Å². The Kier molecular flexibility index (Phi) is 4.72. The van der Waals surface area contributed by atoms with E-state index in [9.17, 15) is 14.9 Å². The molecular weight excluding hydrogens is 174 g/mol. The van der Waals surface area contributed by atoms with Crippen molar-refractivity contribution in [1.82, 2.24) is 0 Å². The van der Waals surface area contributed by atoms with Crippen LogP contribution in [0.1, 0.15) is 26.7 Å². The molecule has 0 aliphatic rings. The molecule has 0 saturated heterocycles. The number of aliphatic carboxylic acids is 1. The molecule has 0 bridgehead atoms. The van der Waals surface area contributed by atoms with Crippen LogP contribution in [0.2, 0.25) is 0 Å². The Labute approximate surface area is 76.2 Å². The molecular formula is C8H13NO4. The first-order chi connectivity index (χ1) is 5.99. The minimum absolute atomic E-state index is 0.153. The number of carboxylic acid groups (broad SMARTS) is 1. The Morgan fingerprint density at radius 2 is 2.23 bits per heavy atom. The summed E-state index contributed by atoms with van der Waals surface area (Å²) in [5, 5.41) is 18.8. The number of rotatable bonds is 5. The van der Waals surface area contributed by atoms with E-state index in [2.05, 4.69) is 0 Å². The third-order valence-electron chi connectivity index (χ3n) is 1.80. The van der Waals surface area contributed by atoms with Crippen LogP contribution in [-0.2, 0) is 4.79 Å². The van der Waals surface area contributed by atoms with Crippen LogP contribution in [0.3, 0.4) is 0 Å². The van der Waals surface area contributed by atoms with E-state index >= 15 is 0 Å². The lowest BCUT2D eigenvalue weighted by atomic mass is 10.1. The van der Waals surface area contributed by atoms with E-state index in [1.807, 2.05) is 0 Å². The van der Waals surface area contributed by atoms with Gasteiger partial charge in [-0.25, -0.2) is 4.79 Å². The molecule has 13 heavy (non-hydrogen) atoms. The molecule has 0 rings (SSSR count). The van der Waals surface area contributed by atoms with E-state index in [-0.39, 0.29) is 16.9 Å². The lowest BCUT2D eigenvalue weighted by molar-refractivity contribution is -0.521. The summed E-state index contributed by atoms with van der Waals surface area (Å²) in [6, 6.07) is -0.672. The van der Waals surface area contributed by atoms with E-state index in [0.717, 1.165) is 0 Å². The molecule has 0 radical (unpaired) electrons. The molecule has 74 valence electrons. The third kappa shape index (κ3) is 4.25. The highest BCUT2D eigenvalue weighted by Gasteiger charge is 2.15. The smallest absolute Gasteiger partial charge is 0.330 e. The first-order valence-corrected chi connectivity index (χ1v) is 4.02. The quantitative estimate of drug-likeness (QED) is 0.401. The molecule has 0 spiro atoms. The predicted octanol–water partition coefficient (Wildman–Crippen LogP) is 1.46. The van der Waals surface area contributed by atoms with Gasteiger partial charge in [-0.3, -0.25) is 10.1 Å². The molecule has 0 aliphatic carbocycles. The lowest BCUT2D eigenvalue weighted by Gasteiger charge is -2.02. The van der Waals surface area contributed by atoms with Crippen molar-refractivity contribution in [3.63, 3.8) is 0 Å². The molecule has 5 nitrogen and oxygen atoms in total. The summed E-state index contributed by atoms with van der Waals surface area (Å²) in [5.41, 5.74) is 0.153. The van der Waals surface area contributed by atoms with E-state index in [4.69, 9.17) is 5.11 Å². The third-order valence-corrected chi connectivity index (χ3v) is 1.80. The average Bonchev–Trinajstić information content (AvgIpc) is 2.04. The zero-order valence-electron chi connectivity index (χ0n) is 7.69. The van der Waals surface area contributed by atoms with Crippen LogP contribution in [-0.4, -0.2) is 22.0 Å². The summed E-state index contributed by atoms with van der Waals surface area (Å²) in [6.45, 7) is 3.13. The van der Waals surface area contributed by atoms with Crippen molar-refractivity contribution < 1.29 is 14.8 Å². The highest BCUT2D eigenvalue weighted by atomic mass is 16.6. The van der Waals surface area contributed by atoms with Crippen LogP contribution in [0, 0.1) is 10.1 Å². The fraction of sp³-hybridized carbons (Fsp3) is 0.625. The maximum Gasteiger partial charge on any atom is 0.330 e. The maximum atomic E-state index is 10.3. The normalized spacial score (nSPS) is 13.8. The van der Waals surface area contributed by atoms with Gasteiger partial charge in [-0.1, -0.05) is 13.0 Å². The van der Waals surface area contributed by atoms with Crippen molar-refractivity contribution in [3.05, 3.63) is 21.8 Å². The molecule has 0 aliphatic heterocycles. The van der Waals surface area contributed by atoms with Gasteiger partial charge in [0.1, 0.15) is 0 Å². The number of carboxylic acids is 1. The van der Waals surface area contributed by atoms with Crippen molar-refractivity contribution in [1.29, 1.82) is 0 Å². The monoisotopic (exact) mass is 187 g/mol. The summed E-state index contributed by atoms with van der Waals surface area (Å²) >= 11 is 0. The molecule has 0 saturated carbocycles. The first kappa shape index (κ1) is 11.6. The fourth-order valence-corrected chi connectivity index (χ4v) is 0.802. The topological polar surface area (TPSA) is 80.4 Å².